The van der Waals surface area contributed by atoms with Crippen LogP contribution in [0.15, 0.2) is 12.4 Å². The molecule has 1 aliphatic rings. The number of hydrogen-bond acceptors (Lipinski definition) is 3. The van der Waals surface area contributed by atoms with Gasteiger partial charge in [0.1, 0.15) is 12.0 Å². The fourth-order valence-corrected chi connectivity index (χ4v) is 2.01. The van der Waals surface area contributed by atoms with Gasteiger partial charge in [0.15, 0.2) is 0 Å². The summed E-state index contributed by atoms with van der Waals surface area (Å²) in [6.45, 7) is 5.29. The highest BCUT2D eigenvalue weighted by molar-refractivity contribution is 5.36. The Hall–Kier alpha value is -1.19. The Kier molecular flexibility index (Phi) is 2.84. The summed E-state index contributed by atoms with van der Waals surface area (Å²) in [4.78, 5) is 10.4. The first kappa shape index (κ1) is 10.3. The van der Waals surface area contributed by atoms with Crippen molar-refractivity contribution >= 4 is 5.82 Å². The number of aromatic nitrogens is 2. The molecule has 1 aliphatic heterocycles. The standard InChI is InChI=1S/C11H16FN3/c1-8-3-10(12)7-15(6-8)11-5-13-9(2)4-14-11/h4-5,8,10H,3,6-7H2,1-2H3. The van der Waals surface area contributed by atoms with E-state index in [1.807, 2.05) is 11.8 Å². The molecule has 0 aliphatic carbocycles. The van der Waals surface area contributed by atoms with E-state index in [0.29, 0.717) is 18.9 Å². The Morgan fingerprint density at radius 2 is 2.13 bits per heavy atom. The summed E-state index contributed by atoms with van der Waals surface area (Å²) < 4.78 is 13.4. The third-order valence-corrected chi connectivity index (χ3v) is 2.70. The van der Waals surface area contributed by atoms with Crippen molar-refractivity contribution in [3.05, 3.63) is 18.1 Å². The summed E-state index contributed by atoms with van der Waals surface area (Å²) in [7, 11) is 0. The maximum Gasteiger partial charge on any atom is 0.147 e. The third-order valence-electron chi connectivity index (χ3n) is 2.70. The van der Waals surface area contributed by atoms with Gasteiger partial charge in [-0.05, 0) is 19.3 Å². The molecular weight excluding hydrogens is 193 g/mol. The second-order valence-corrected chi connectivity index (χ2v) is 4.36. The number of alkyl halides is 1. The maximum atomic E-state index is 13.4. The van der Waals surface area contributed by atoms with Gasteiger partial charge in [-0.2, -0.15) is 0 Å². The molecule has 0 amide bonds. The second kappa shape index (κ2) is 4.13. The number of piperidine rings is 1. The molecule has 0 bridgehead atoms. The third kappa shape index (κ3) is 2.43. The fraction of sp³-hybridized carbons (Fsp3) is 0.636. The van der Waals surface area contributed by atoms with Crippen molar-refractivity contribution < 1.29 is 4.39 Å². The molecule has 1 saturated heterocycles. The van der Waals surface area contributed by atoms with Gasteiger partial charge in [0, 0.05) is 6.54 Å². The molecule has 82 valence electrons. The smallest absolute Gasteiger partial charge is 0.147 e. The van der Waals surface area contributed by atoms with E-state index in [0.717, 1.165) is 18.1 Å². The lowest BCUT2D eigenvalue weighted by Crippen LogP contribution is -2.41. The first-order valence-corrected chi connectivity index (χ1v) is 5.33. The molecule has 3 nitrogen and oxygen atoms in total. The van der Waals surface area contributed by atoms with Crippen LogP contribution in [0, 0.1) is 12.8 Å². The van der Waals surface area contributed by atoms with Crippen LogP contribution in [0.1, 0.15) is 19.0 Å². The molecule has 4 heteroatoms. The van der Waals surface area contributed by atoms with Crippen LogP contribution in [0.4, 0.5) is 10.2 Å². The zero-order chi connectivity index (χ0) is 10.8. The molecule has 1 fully saturated rings. The minimum absolute atomic E-state index is 0.386. The topological polar surface area (TPSA) is 29.0 Å². The van der Waals surface area contributed by atoms with E-state index in [-0.39, 0.29) is 0 Å². The van der Waals surface area contributed by atoms with Crippen molar-refractivity contribution in [1.29, 1.82) is 0 Å². The van der Waals surface area contributed by atoms with E-state index in [1.165, 1.54) is 0 Å². The van der Waals surface area contributed by atoms with Crippen LogP contribution >= 0.6 is 0 Å². The molecule has 2 unspecified atom stereocenters. The van der Waals surface area contributed by atoms with Crippen molar-refractivity contribution in [1.82, 2.24) is 9.97 Å². The van der Waals surface area contributed by atoms with E-state index < -0.39 is 6.17 Å². The van der Waals surface area contributed by atoms with Crippen molar-refractivity contribution in [3.8, 4) is 0 Å². The number of rotatable bonds is 1. The predicted octanol–water partition coefficient (Wildman–Crippen LogP) is 1.97. The Balaban J connectivity index is 2.12. The summed E-state index contributed by atoms with van der Waals surface area (Å²) in [5.41, 5.74) is 0.889. The van der Waals surface area contributed by atoms with Crippen molar-refractivity contribution in [3.63, 3.8) is 0 Å². The van der Waals surface area contributed by atoms with Crippen molar-refractivity contribution in [2.45, 2.75) is 26.4 Å². The van der Waals surface area contributed by atoms with Gasteiger partial charge in [-0.1, -0.05) is 6.92 Å². The van der Waals surface area contributed by atoms with E-state index in [2.05, 4.69) is 16.9 Å². The first-order valence-electron chi connectivity index (χ1n) is 5.33. The van der Waals surface area contributed by atoms with Gasteiger partial charge >= 0.3 is 0 Å². The Bertz CT molecular complexity index is 315. The molecule has 1 aromatic rings. The molecular formula is C11H16FN3. The van der Waals surface area contributed by atoms with Gasteiger partial charge in [0.05, 0.1) is 24.6 Å². The zero-order valence-corrected chi connectivity index (χ0v) is 9.15. The highest BCUT2D eigenvalue weighted by Gasteiger charge is 2.25. The van der Waals surface area contributed by atoms with Crippen LogP contribution in [0.2, 0.25) is 0 Å². The average molecular weight is 209 g/mol. The number of aryl methyl sites for hydroxylation is 1. The average Bonchev–Trinajstić information content (AvgIpc) is 2.17. The molecule has 0 aromatic carbocycles. The minimum atomic E-state index is -0.739. The Morgan fingerprint density at radius 3 is 2.73 bits per heavy atom. The van der Waals surface area contributed by atoms with Crippen molar-refractivity contribution in [2.24, 2.45) is 5.92 Å². The van der Waals surface area contributed by atoms with Gasteiger partial charge in [-0.15, -0.1) is 0 Å². The van der Waals surface area contributed by atoms with Crippen molar-refractivity contribution in [2.75, 3.05) is 18.0 Å². The van der Waals surface area contributed by atoms with Crippen LogP contribution < -0.4 is 4.90 Å². The molecule has 15 heavy (non-hydrogen) atoms. The highest BCUT2D eigenvalue weighted by Crippen LogP contribution is 2.22. The number of nitrogens with zero attached hydrogens (tertiary/aromatic N) is 3. The summed E-state index contributed by atoms with van der Waals surface area (Å²) in [6, 6.07) is 0. The van der Waals surface area contributed by atoms with Gasteiger partial charge in [-0.3, -0.25) is 4.98 Å². The van der Waals surface area contributed by atoms with Gasteiger partial charge in [0.25, 0.3) is 0 Å². The SMILES string of the molecule is Cc1cnc(N2CC(C)CC(F)C2)cn1. The number of anilines is 1. The number of hydrogen-bond donors (Lipinski definition) is 0. The summed E-state index contributed by atoms with van der Waals surface area (Å²) in [5.74, 6) is 1.17. The fourth-order valence-electron chi connectivity index (χ4n) is 2.01. The predicted molar refractivity (Wildman–Crippen MR) is 57.7 cm³/mol. The zero-order valence-electron chi connectivity index (χ0n) is 9.15. The minimum Gasteiger partial charge on any atom is -0.352 e. The quantitative estimate of drug-likeness (QED) is 0.708. The Labute approximate surface area is 89.3 Å². The summed E-state index contributed by atoms with van der Waals surface area (Å²) >= 11 is 0. The first-order chi connectivity index (χ1) is 7.15. The lowest BCUT2D eigenvalue weighted by atomic mass is 9.99. The van der Waals surface area contributed by atoms with Crippen LogP contribution in [0.3, 0.4) is 0 Å². The van der Waals surface area contributed by atoms with Gasteiger partial charge < -0.3 is 4.90 Å². The molecule has 0 radical (unpaired) electrons. The van der Waals surface area contributed by atoms with E-state index in [4.69, 9.17) is 0 Å². The molecule has 2 rings (SSSR count). The summed E-state index contributed by atoms with van der Waals surface area (Å²) in [6.07, 6.45) is 3.37. The highest BCUT2D eigenvalue weighted by atomic mass is 19.1. The monoisotopic (exact) mass is 209 g/mol. The lowest BCUT2D eigenvalue weighted by molar-refractivity contribution is 0.245. The molecule has 2 atom stereocenters. The van der Waals surface area contributed by atoms with Gasteiger partial charge in [0.2, 0.25) is 0 Å². The van der Waals surface area contributed by atoms with Crippen LogP contribution in [-0.4, -0.2) is 29.2 Å². The molecule has 0 N–H and O–H groups in total. The van der Waals surface area contributed by atoms with Gasteiger partial charge in [-0.25, -0.2) is 9.37 Å². The normalized spacial score (nSPS) is 26.7. The Morgan fingerprint density at radius 1 is 1.33 bits per heavy atom. The van der Waals surface area contributed by atoms with E-state index in [9.17, 15) is 4.39 Å². The van der Waals surface area contributed by atoms with Crippen LogP contribution in [-0.2, 0) is 0 Å². The van der Waals surface area contributed by atoms with Crippen LogP contribution in [0.5, 0.6) is 0 Å². The maximum absolute atomic E-state index is 13.4. The van der Waals surface area contributed by atoms with Crippen LogP contribution in [0.25, 0.3) is 0 Å². The molecule has 0 spiro atoms. The molecule has 0 saturated carbocycles. The second-order valence-electron chi connectivity index (χ2n) is 4.36. The molecule has 2 heterocycles. The molecule has 1 aromatic heterocycles. The van der Waals surface area contributed by atoms with E-state index in [1.54, 1.807) is 12.4 Å². The van der Waals surface area contributed by atoms with E-state index >= 15 is 0 Å². The summed E-state index contributed by atoms with van der Waals surface area (Å²) in [5, 5.41) is 0. The lowest BCUT2D eigenvalue weighted by Gasteiger charge is -2.33. The number of halogens is 1. The largest absolute Gasteiger partial charge is 0.352 e.